The molecule has 17 heavy (non-hydrogen) atoms. The van der Waals surface area contributed by atoms with Crippen molar-refractivity contribution in [3.63, 3.8) is 0 Å². The van der Waals surface area contributed by atoms with Crippen molar-refractivity contribution >= 4 is 16.9 Å². The van der Waals surface area contributed by atoms with Crippen LogP contribution in [0.5, 0.6) is 0 Å². The van der Waals surface area contributed by atoms with Crippen molar-refractivity contribution in [2.24, 2.45) is 0 Å². The Morgan fingerprint density at radius 1 is 1.29 bits per heavy atom. The predicted octanol–water partition coefficient (Wildman–Crippen LogP) is 1.63. The third kappa shape index (κ3) is 2.72. The first-order valence-corrected chi connectivity index (χ1v) is 5.46. The van der Waals surface area contributed by atoms with Crippen molar-refractivity contribution in [3.05, 3.63) is 46.2 Å². The second-order valence-electron chi connectivity index (χ2n) is 3.73. The highest BCUT2D eigenvalue weighted by molar-refractivity contribution is 5.81. The van der Waals surface area contributed by atoms with Gasteiger partial charge in [-0.25, -0.2) is 0 Å². The molecule has 1 aromatic carbocycles. The molecule has 0 aliphatic carbocycles. The molecule has 2 rings (SSSR count). The highest BCUT2D eigenvalue weighted by atomic mass is 16.5. The number of pyridine rings is 1. The van der Waals surface area contributed by atoms with Crippen LogP contribution in [0.2, 0.25) is 0 Å². The van der Waals surface area contributed by atoms with Gasteiger partial charge in [0.15, 0.2) is 0 Å². The lowest BCUT2D eigenvalue weighted by molar-refractivity contribution is -0.142. The Morgan fingerprint density at radius 3 is 2.88 bits per heavy atom. The number of aromatic amines is 1. The number of fused-ring (bicyclic) bond motifs is 1. The van der Waals surface area contributed by atoms with Crippen molar-refractivity contribution in [2.45, 2.75) is 13.3 Å². The van der Waals surface area contributed by atoms with Gasteiger partial charge in [0.2, 0.25) is 5.56 Å². The monoisotopic (exact) mass is 231 g/mol. The lowest BCUT2D eigenvalue weighted by atomic mass is 10.1. The first kappa shape index (κ1) is 11.4. The zero-order valence-electron chi connectivity index (χ0n) is 9.53. The summed E-state index contributed by atoms with van der Waals surface area (Å²) in [5.74, 6) is -0.240. The summed E-state index contributed by atoms with van der Waals surface area (Å²) in [5, 5.41) is 0.909. The van der Waals surface area contributed by atoms with E-state index in [1.165, 1.54) is 6.07 Å². The van der Waals surface area contributed by atoms with Crippen molar-refractivity contribution in [2.75, 3.05) is 6.61 Å². The van der Waals surface area contributed by atoms with E-state index in [2.05, 4.69) is 4.98 Å². The fourth-order valence-corrected chi connectivity index (χ4v) is 1.69. The van der Waals surface area contributed by atoms with E-state index in [4.69, 9.17) is 4.74 Å². The molecule has 0 saturated heterocycles. The molecule has 88 valence electrons. The topological polar surface area (TPSA) is 59.2 Å². The third-order valence-electron chi connectivity index (χ3n) is 2.44. The number of benzene rings is 1. The van der Waals surface area contributed by atoms with Gasteiger partial charge in [-0.1, -0.05) is 6.07 Å². The first-order valence-electron chi connectivity index (χ1n) is 5.46. The van der Waals surface area contributed by atoms with E-state index in [9.17, 15) is 9.59 Å². The van der Waals surface area contributed by atoms with Gasteiger partial charge >= 0.3 is 5.97 Å². The van der Waals surface area contributed by atoms with Crippen molar-refractivity contribution in [1.29, 1.82) is 0 Å². The van der Waals surface area contributed by atoms with Gasteiger partial charge in [0.25, 0.3) is 0 Å². The number of nitrogens with one attached hydrogen (secondary N) is 1. The summed E-state index contributed by atoms with van der Waals surface area (Å²) in [6.45, 7) is 2.17. The number of esters is 1. The summed E-state index contributed by atoms with van der Waals surface area (Å²) in [4.78, 5) is 25.1. The van der Waals surface area contributed by atoms with E-state index < -0.39 is 0 Å². The Balaban J connectivity index is 2.29. The number of rotatable bonds is 3. The molecule has 0 bridgehead atoms. The SMILES string of the molecule is CCOC(=O)Cc1ccc2[nH]c(=O)ccc2c1. The molecule has 4 heteroatoms. The lowest BCUT2D eigenvalue weighted by Gasteiger charge is -2.03. The van der Waals surface area contributed by atoms with Crippen LogP contribution in [-0.4, -0.2) is 17.6 Å². The van der Waals surface area contributed by atoms with E-state index in [1.807, 2.05) is 12.1 Å². The quantitative estimate of drug-likeness (QED) is 0.817. The smallest absolute Gasteiger partial charge is 0.310 e. The van der Waals surface area contributed by atoms with Crippen LogP contribution < -0.4 is 5.56 Å². The summed E-state index contributed by atoms with van der Waals surface area (Å²) in [6.07, 6.45) is 0.253. The molecule has 2 aromatic rings. The highest BCUT2D eigenvalue weighted by Gasteiger charge is 2.04. The Hall–Kier alpha value is -2.10. The fourth-order valence-electron chi connectivity index (χ4n) is 1.69. The third-order valence-corrected chi connectivity index (χ3v) is 2.44. The molecule has 0 radical (unpaired) electrons. The minimum atomic E-state index is -0.240. The molecule has 0 unspecified atom stereocenters. The van der Waals surface area contributed by atoms with Gasteiger partial charge in [0, 0.05) is 11.6 Å². The van der Waals surface area contributed by atoms with Gasteiger partial charge in [-0.3, -0.25) is 9.59 Å². The maximum Gasteiger partial charge on any atom is 0.310 e. The largest absolute Gasteiger partial charge is 0.466 e. The molecule has 0 atom stereocenters. The molecular weight excluding hydrogens is 218 g/mol. The number of carbonyl (C=O) groups excluding carboxylic acids is 1. The molecule has 0 spiro atoms. The molecule has 1 heterocycles. The Labute approximate surface area is 98.2 Å². The summed E-state index contributed by atoms with van der Waals surface area (Å²) < 4.78 is 4.88. The molecule has 0 amide bonds. The second-order valence-corrected chi connectivity index (χ2v) is 3.73. The number of carbonyl (C=O) groups is 1. The molecular formula is C13H13NO3. The molecule has 0 fully saturated rings. The van der Waals surface area contributed by atoms with Gasteiger partial charge in [0.1, 0.15) is 0 Å². The molecule has 0 aliphatic heterocycles. The van der Waals surface area contributed by atoms with E-state index in [0.29, 0.717) is 6.61 Å². The standard InChI is InChI=1S/C13H13NO3/c1-2-17-13(16)8-9-3-5-11-10(7-9)4-6-12(15)14-11/h3-7H,2,8H2,1H3,(H,14,15). The summed E-state index contributed by atoms with van der Waals surface area (Å²) in [5.41, 5.74) is 1.52. The van der Waals surface area contributed by atoms with Crippen LogP contribution in [0.1, 0.15) is 12.5 Å². The number of H-pyrrole nitrogens is 1. The second kappa shape index (κ2) is 4.82. The van der Waals surface area contributed by atoms with Gasteiger partial charge in [-0.15, -0.1) is 0 Å². The minimum Gasteiger partial charge on any atom is -0.466 e. The predicted molar refractivity (Wildman–Crippen MR) is 64.9 cm³/mol. The number of aromatic nitrogens is 1. The van der Waals surface area contributed by atoms with Crippen LogP contribution in [0.3, 0.4) is 0 Å². The normalized spacial score (nSPS) is 10.4. The van der Waals surface area contributed by atoms with E-state index in [1.54, 1.807) is 19.1 Å². The minimum absolute atomic E-state index is 0.129. The maximum atomic E-state index is 11.3. The first-order chi connectivity index (χ1) is 8.19. The van der Waals surface area contributed by atoms with Gasteiger partial charge in [-0.2, -0.15) is 0 Å². The zero-order chi connectivity index (χ0) is 12.3. The van der Waals surface area contributed by atoms with Crippen LogP contribution in [0.15, 0.2) is 35.1 Å². The van der Waals surface area contributed by atoms with Crippen molar-refractivity contribution < 1.29 is 9.53 Å². The van der Waals surface area contributed by atoms with Gasteiger partial charge in [0.05, 0.1) is 13.0 Å². The lowest BCUT2D eigenvalue weighted by Crippen LogP contribution is -2.08. The van der Waals surface area contributed by atoms with Gasteiger partial charge < -0.3 is 9.72 Å². The van der Waals surface area contributed by atoms with Crippen molar-refractivity contribution in [3.8, 4) is 0 Å². The zero-order valence-corrected chi connectivity index (χ0v) is 9.53. The van der Waals surface area contributed by atoms with Crippen molar-refractivity contribution in [1.82, 2.24) is 4.98 Å². The van der Waals surface area contributed by atoms with Crippen LogP contribution in [0.25, 0.3) is 10.9 Å². The Bertz CT molecular complexity index is 601. The van der Waals surface area contributed by atoms with Gasteiger partial charge in [-0.05, 0) is 36.1 Å². The number of hydrogen-bond donors (Lipinski definition) is 1. The average Bonchev–Trinajstić information content (AvgIpc) is 2.29. The van der Waals surface area contributed by atoms with E-state index in [0.717, 1.165) is 16.5 Å². The molecule has 0 saturated carbocycles. The average molecular weight is 231 g/mol. The highest BCUT2D eigenvalue weighted by Crippen LogP contribution is 2.12. The van der Waals surface area contributed by atoms with Crippen LogP contribution in [-0.2, 0) is 16.0 Å². The summed E-state index contributed by atoms with van der Waals surface area (Å²) in [7, 11) is 0. The molecule has 4 nitrogen and oxygen atoms in total. The molecule has 1 aromatic heterocycles. The maximum absolute atomic E-state index is 11.3. The Morgan fingerprint density at radius 2 is 2.12 bits per heavy atom. The number of hydrogen-bond acceptors (Lipinski definition) is 3. The van der Waals surface area contributed by atoms with Crippen LogP contribution >= 0.6 is 0 Å². The van der Waals surface area contributed by atoms with Crippen LogP contribution in [0, 0.1) is 0 Å². The van der Waals surface area contributed by atoms with E-state index in [-0.39, 0.29) is 17.9 Å². The van der Waals surface area contributed by atoms with E-state index >= 15 is 0 Å². The fraction of sp³-hybridized carbons (Fsp3) is 0.231. The Kier molecular flexibility index (Phi) is 3.23. The molecule has 0 aliphatic rings. The summed E-state index contributed by atoms with van der Waals surface area (Å²) >= 11 is 0. The van der Waals surface area contributed by atoms with Crippen LogP contribution in [0.4, 0.5) is 0 Å². The number of ether oxygens (including phenoxy) is 1. The molecule has 1 N–H and O–H groups in total. The summed E-state index contributed by atoms with van der Waals surface area (Å²) in [6, 6.07) is 8.70.